The number of amides is 5. The van der Waals surface area contributed by atoms with Gasteiger partial charge in [-0.1, -0.05) is 48.2 Å². The van der Waals surface area contributed by atoms with Crippen LogP contribution in [0.4, 0.5) is 16.2 Å². The molecule has 9 rings (SSSR count). The summed E-state index contributed by atoms with van der Waals surface area (Å²) in [5, 5.41) is 10.4. The standard InChI is InChI=1S/C57H68N8O7/c1-36-11-15-42(59-55(70)72-57(3,4)5)33-47(36)52(67)58-37(2)44-17-14-40(45-9-7-8-10-46(44)45)13-12-38-21-27-62(28-22-38)35-39-23-29-64(30-24-39)54(69)41-25-31-63(32-26-41)43-16-18-48-50(34-43)61(6)56(71)65(48)49-19-20-51(66)60-53(49)68/h7-11,14-18,33-34,37-39,41,49H,19-32,35H2,1-6H3,(H,58,67)(H,59,70)(H,60,66,68)/t37-,49?/m1/s1. The Labute approximate surface area is 421 Å². The number of aryl methyl sites for hydroxylation is 2. The Bertz CT molecular complexity index is 3020. The van der Waals surface area contributed by atoms with E-state index in [1.165, 1.54) is 4.57 Å². The predicted octanol–water partition coefficient (Wildman–Crippen LogP) is 7.84. The lowest BCUT2D eigenvalue weighted by molar-refractivity contribution is -0.138. The fraction of sp³-hybridized carbons (Fsp3) is 0.474. The molecule has 0 aliphatic carbocycles. The second-order valence-electron chi connectivity index (χ2n) is 21.3. The summed E-state index contributed by atoms with van der Waals surface area (Å²) in [7, 11) is 1.71. The normalized spacial score (nSPS) is 19.2. The second kappa shape index (κ2) is 21.0. The first-order valence-corrected chi connectivity index (χ1v) is 25.7. The molecular weight excluding hydrogens is 909 g/mol. The van der Waals surface area contributed by atoms with Crippen LogP contribution in [0.5, 0.6) is 0 Å². The van der Waals surface area contributed by atoms with Gasteiger partial charge in [0.15, 0.2) is 0 Å². The summed E-state index contributed by atoms with van der Waals surface area (Å²) in [5.74, 6) is 7.33. The van der Waals surface area contributed by atoms with Crippen molar-refractivity contribution >= 4 is 62.9 Å². The number of rotatable bonds is 9. The summed E-state index contributed by atoms with van der Waals surface area (Å²) in [5.41, 5.74) is 5.20. The van der Waals surface area contributed by atoms with E-state index < -0.39 is 23.6 Å². The number of carbonyl (C=O) groups excluding carboxylic acids is 5. The largest absolute Gasteiger partial charge is 0.444 e. The zero-order valence-electron chi connectivity index (χ0n) is 42.5. The van der Waals surface area contributed by atoms with Gasteiger partial charge >= 0.3 is 11.8 Å². The molecule has 1 aromatic heterocycles. The topological polar surface area (TPSA) is 167 Å². The van der Waals surface area contributed by atoms with E-state index in [1.54, 1.807) is 44.5 Å². The molecule has 4 aliphatic rings. The summed E-state index contributed by atoms with van der Waals surface area (Å²) in [6, 6.07) is 22.5. The van der Waals surface area contributed by atoms with Crippen molar-refractivity contribution in [3.63, 3.8) is 0 Å². The van der Waals surface area contributed by atoms with Crippen molar-refractivity contribution in [3.05, 3.63) is 106 Å². The third-order valence-corrected chi connectivity index (χ3v) is 15.1. The summed E-state index contributed by atoms with van der Waals surface area (Å²) >= 11 is 0. The van der Waals surface area contributed by atoms with Gasteiger partial charge in [-0.2, -0.15) is 0 Å². The summed E-state index contributed by atoms with van der Waals surface area (Å²) < 4.78 is 8.47. The Morgan fingerprint density at radius 1 is 0.819 bits per heavy atom. The van der Waals surface area contributed by atoms with E-state index in [1.807, 2.05) is 50.2 Å². The number of imidazole rings is 1. The first-order chi connectivity index (χ1) is 34.5. The van der Waals surface area contributed by atoms with Gasteiger partial charge in [0.05, 0.1) is 17.1 Å². The summed E-state index contributed by atoms with van der Waals surface area (Å²) in [6.07, 6.45) is 5.57. The van der Waals surface area contributed by atoms with E-state index in [9.17, 15) is 28.8 Å². The molecule has 3 N–H and O–H groups in total. The third-order valence-electron chi connectivity index (χ3n) is 15.1. The number of hydrogen-bond donors (Lipinski definition) is 3. The molecule has 0 saturated carbocycles. The summed E-state index contributed by atoms with van der Waals surface area (Å²) in [4.78, 5) is 84.5. The van der Waals surface area contributed by atoms with Gasteiger partial charge < -0.3 is 24.8 Å². The quantitative estimate of drug-likeness (QED) is 0.0986. The molecule has 4 aromatic carbocycles. The van der Waals surface area contributed by atoms with Crippen molar-refractivity contribution < 1.29 is 28.7 Å². The van der Waals surface area contributed by atoms with Crippen LogP contribution < -0.4 is 26.5 Å². The zero-order valence-corrected chi connectivity index (χ0v) is 42.5. The van der Waals surface area contributed by atoms with Crippen LogP contribution in [0, 0.1) is 36.5 Å². The lowest BCUT2D eigenvalue weighted by Crippen LogP contribution is -2.47. The molecule has 0 bridgehead atoms. The Morgan fingerprint density at radius 2 is 1.54 bits per heavy atom. The molecule has 0 spiro atoms. The molecule has 15 nitrogen and oxygen atoms in total. The molecule has 1 unspecified atom stereocenters. The maximum atomic E-state index is 13.8. The molecule has 5 aromatic rings. The van der Waals surface area contributed by atoms with E-state index in [0.717, 1.165) is 123 Å². The first-order valence-electron chi connectivity index (χ1n) is 25.7. The van der Waals surface area contributed by atoms with Gasteiger partial charge in [-0.25, -0.2) is 9.59 Å². The number of nitrogens with zero attached hydrogens (tertiary/aromatic N) is 5. The monoisotopic (exact) mass is 977 g/mol. The van der Waals surface area contributed by atoms with Crippen LogP contribution in [0.3, 0.4) is 0 Å². The zero-order chi connectivity index (χ0) is 50.8. The number of piperidine rings is 4. The highest BCUT2D eigenvalue weighted by atomic mass is 16.6. The number of hydrogen-bond acceptors (Lipinski definition) is 9. The highest BCUT2D eigenvalue weighted by Crippen LogP contribution is 2.32. The van der Waals surface area contributed by atoms with E-state index in [-0.39, 0.29) is 41.8 Å². The second-order valence-corrected chi connectivity index (χ2v) is 21.3. The minimum absolute atomic E-state index is 0.00359. The van der Waals surface area contributed by atoms with Gasteiger partial charge in [-0.05, 0) is 157 Å². The third kappa shape index (κ3) is 11.1. The molecule has 4 fully saturated rings. The average molecular weight is 977 g/mol. The summed E-state index contributed by atoms with van der Waals surface area (Å²) in [6.45, 7) is 15.5. The van der Waals surface area contributed by atoms with Crippen molar-refractivity contribution in [3.8, 4) is 11.8 Å². The van der Waals surface area contributed by atoms with E-state index >= 15 is 0 Å². The fourth-order valence-electron chi connectivity index (χ4n) is 11.1. The van der Waals surface area contributed by atoms with Crippen LogP contribution in [0.1, 0.15) is 118 Å². The molecule has 15 heteroatoms. The van der Waals surface area contributed by atoms with Crippen LogP contribution in [0.25, 0.3) is 21.8 Å². The van der Waals surface area contributed by atoms with Gasteiger partial charge in [0.25, 0.3) is 5.91 Å². The smallest absolute Gasteiger partial charge is 0.412 e. The number of likely N-dealkylation sites (tertiary alicyclic amines) is 2. The number of imide groups is 1. The van der Waals surface area contributed by atoms with Crippen LogP contribution in [-0.4, -0.2) is 100 Å². The highest BCUT2D eigenvalue weighted by Gasteiger charge is 2.34. The van der Waals surface area contributed by atoms with Crippen molar-refractivity contribution in [2.24, 2.45) is 24.8 Å². The van der Waals surface area contributed by atoms with Crippen LogP contribution in [-0.2, 0) is 26.2 Å². The molecule has 4 aliphatic heterocycles. The molecular formula is C57H68N8O7. The number of benzene rings is 4. The Balaban J connectivity index is 0.726. The van der Waals surface area contributed by atoms with Crippen LogP contribution in [0.15, 0.2) is 77.6 Å². The minimum Gasteiger partial charge on any atom is -0.444 e. The number of aromatic nitrogens is 2. The molecule has 378 valence electrons. The first kappa shape index (κ1) is 50.0. The number of ether oxygens (including phenoxy) is 1. The molecule has 4 saturated heterocycles. The van der Waals surface area contributed by atoms with Crippen molar-refractivity contribution in [2.75, 3.05) is 56.0 Å². The van der Waals surface area contributed by atoms with Crippen molar-refractivity contribution in [1.29, 1.82) is 0 Å². The maximum Gasteiger partial charge on any atom is 0.412 e. The van der Waals surface area contributed by atoms with Gasteiger partial charge in [0.2, 0.25) is 17.7 Å². The number of nitrogens with one attached hydrogen (secondary N) is 3. The average Bonchev–Trinajstić information content (AvgIpc) is 3.60. The minimum atomic E-state index is -0.719. The van der Waals surface area contributed by atoms with Gasteiger partial charge in [-0.15, -0.1) is 0 Å². The number of fused-ring (bicyclic) bond motifs is 2. The Morgan fingerprint density at radius 3 is 2.25 bits per heavy atom. The SMILES string of the molecule is Cc1ccc(NC(=O)OC(C)(C)C)cc1C(=O)N[C@H](C)c1ccc(C#CC2CCN(CC3CCN(C(=O)C4CCN(c5ccc6c(c5)n(C)c(=O)n6C5CCC(=O)NC5=O)CC4)CC3)CC2)c2ccccc12. The number of anilines is 2. The van der Waals surface area contributed by atoms with E-state index in [4.69, 9.17) is 4.74 Å². The maximum absolute atomic E-state index is 13.8. The molecule has 0 radical (unpaired) electrons. The van der Waals surface area contributed by atoms with E-state index in [0.29, 0.717) is 35.0 Å². The predicted molar refractivity (Wildman–Crippen MR) is 280 cm³/mol. The van der Waals surface area contributed by atoms with E-state index in [2.05, 4.69) is 66.8 Å². The highest BCUT2D eigenvalue weighted by molar-refractivity contribution is 6.00. The molecule has 5 amide bonds. The van der Waals surface area contributed by atoms with Gasteiger partial charge in [-0.3, -0.25) is 38.9 Å². The van der Waals surface area contributed by atoms with Gasteiger partial charge in [0, 0.05) is 80.5 Å². The Kier molecular flexibility index (Phi) is 14.6. The lowest BCUT2D eigenvalue weighted by Gasteiger charge is -2.39. The van der Waals surface area contributed by atoms with Crippen molar-refractivity contribution in [1.82, 2.24) is 29.6 Å². The van der Waals surface area contributed by atoms with Crippen molar-refractivity contribution in [2.45, 2.75) is 104 Å². The Hall–Kier alpha value is -6.92. The fourth-order valence-corrected chi connectivity index (χ4v) is 11.1. The van der Waals surface area contributed by atoms with Crippen LogP contribution in [0.2, 0.25) is 0 Å². The van der Waals surface area contributed by atoms with Crippen LogP contribution >= 0.6 is 0 Å². The number of carbonyl (C=O) groups is 5. The lowest BCUT2D eigenvalue weighted by atomic mass is 9.90. The van der Waals surface area contributed by atoms with Gasteiger partial charge in [0.1, 0.15) is 11.6 Å². The molecule has 5 heterocycles. The molecule has 72 heavy (non-hydrogen) atoms. The molecule has 2 atom stereocenters.